The number of ether oxygens (including phenoxy) is 1. The summed E-state index contributed by atoms with van der Waals surface area (Å²) in [6, 6.07) is 4.43. The lowest BCUT2D eigenvalue weighted by molar-refractivity contribution is -0.141. The Labute approximate surface area is 111 Å². The molecule has 1 aromatic carbocycles. The van der Waals surface area contributed by atoms with E-state index in [4.69, 9.17) is 22.7 Å². The fourth-order valence-electron chi connectivity index (χ4n) is 1.43. The molecule has 6 heteroatoms. The second kappa shape index (κ2) is 6.30. The van der Waals surface area contributed by atoms with Crippen LogP contribution in [0.5, 0.6) is 0 Å². The van der Waals surface area contributed by atoms with Gasteiger partial charge in [0.1, 0.15) is 17.4 Å². The molecule has 0 heterocycles. The summed E-state index contributed by atoms with van der Waals surface area (Å²) in [5, 5.41) is 0. The summed E-state index contributed by atoms with van der Waals surface area (Å²) >= 11 is 4.71. The number of nitrogens with two attached hydrogens (primary N) is 1. The van der Waals surface area contributed by atoms with Gasteiger partial charge in [-0.2, -0.15) is 0 Å². The van der Waals surface area contributed by atoms with Crippen LogP contribution in [0.15, 0.2) is 18.2 Å². The van der Waals surface area contributed by atoms with Crippen molar-refractivity contribution >= 4 is 28.9 Å². The third-order valence-electron chi connectivity index (χ3n) is 2.33. The molecule has 0 atom stereocenters. The minimum absolute atomic E-state index is 0.00657. The molecule has 0 aliphatic heterocycles. The van der Waals surface area contributed by atoms with Crippen molar-refractivity contribution < 1.29 is 13.9 Å². The van der Waals surface area contributed by atoms with Crippen LogP contribution in [0.2, 0.25) is 0 Å². The number of benzene rings is 1. The number of thiocarbonyl (C=S) groups is 1. The fourth-order valence-corrected chi connectivity index (χ4v) is 1.60. The van der Waals surface area contributed by atoms with Crippen LogP contribution in [-0.4, -0.2) is 31.2 Å². The first kappa shape index (κ1) is 14.4. The van der Waals surface area contributed by atoms with Crippen molar-refractivity contribution in [1.29, 1.82) is 0 Å². The van der Waals surface area contributed by atoms with Gasteiger partial charge in [0.05, 0.1) is 6.61 Å². The summed E-state index contributed by atoms with van der Waals surface area (Å²) in [6.07, 6.45) is 0. The molecule has 0 fully saturated rings. The van der Waals surface area contributed by atoms with Crippen LogP contribution in [-0.2, 0) is 9.53 Å². The summed E-state index contributed by atoms with van der Waals surface area (Å²) < 4.78 is 18.4. The maximum absolute atomic E-state index is 13.6. The van der Waals surface area contributed by atoms with E-state index < -0.39 is 5.82 Å². The Morgan fingerprint density at radius 2 is 2.22 bits per heavy atom. The Balaban J connectivity index is 2.81. The average Bonchev–Trinajstić information content (AvgIpc) is 2.28. The first-order valence-corrected chi connectivity index (χ1v) is 5.82. The van der Waals surface area contributed by atoms with Crippen LogP contribution >= 0.6 is 12.2 Å². The maximum Gasteiger partial charge on any atom is 0.325 e. The van der Waals surface area contributed by atoms with Crippen molar-refractivity contribution in [2.45, 2.75) is 6.92 Å². The largest absolute Gasteiger partial charge is 0.465 e. The maximum atomic E-state index is 13.6. The fraction of sp³-hybridized carbons (Fsp3) is 0.333. The molecule has 4 nitrogen and oxygen atoms in total. The number of nitrogens with zero attached hydrogens (tertiary/aromatic N) is 1. The highest BCUT2D eigenvalue weighted by molar-refractivity contribution is 7.80. The molecule has 2 N–H and O–H groups in total. The van der Waals surface area contributed by atoms with E-state index in [1.54, 1.807) is 24.9 Å². The SMILES string of the molecule is CCOC(=O)CN(C)c1ccc(C(N)=S)c(F)c1. The predicted octanol–water partition coefficient (Wildman–Crippen LogP) is 1.46. The molecule has 0 unspecified atom stereocenters. The van der Waals surface area contributed by atoms with Gasteiger partial charge in [0.25, 0.3) is 0 Å². The van der Waals surface area contributed by atoms with E-state index in [2.05, 4.69) is 0 Å². The van der Waals surface area contributed by atoms with Gasteiger partial charge in [0, 0.05) is 18.3 Å². The van der Waals surface area contributed by atoms with Gasteiger partial charge in [-0.15, -0.1) is 0 Å². The van der Waals surface area contributed by atoms with Gasteiger partial charge < -0.3 is 15.4 Å². The third kappa shape index (κ3) is 3.66. The number of anilines is 1. The van der Waals surface area contributed by atoms with E-state index in [0.717, 1.165) is 0 Å². The van der Waals surface area contributed by atoms with Gasteiger partial charge in [0.2, 0.25) is 0 Å². The molecule has 1 aromatic rings. The van der Waals surface area contributed by atoms with Gasteiger partial charge in [0.15, 0.2) is 0 Å². The quantitative estimate of drug-likeness (QED) is 0.648. The molecule has 0 spiro atoms. The van der Waals surface area contributed by atoms with Crippen molar-refractivity contribution in [3.8, 4) is 0 Å². The van der Waals surface area contributed by atoms with Crippen LogP contribution < -0.4 is 10.6 Å². The number of hydrogen-bond donors (Lipinski definition) is 1. The van der Waals surface area contributed by atoms with Gasteiger partial charge in [-0.1, -0.05) is 12.2 Å². The lowest BCUT2D eigenvalue weighted by Crippen LogP contribution is -2.27. The van der Waals surface area contributed by atoms with Crippen LogP contribution in [0.25, 0.3) is 0 Å². The molecule has 1 rings (SSSR count). The van der Waals surface area contributed by atoms with E-state index in [-0.39, 0.29) is 23.1 Å². The summed E-state index contributed by atoms with van der Waals surface area (Å²) in [5.74, 6) is -0.866. The lowest BCUT2D eigenvalue weighted by Gasteiger charge is -2.18. The molecule has 0 saturated heterocycles. The first-order chi connectivity index (χ1) is 8.45. The number of likely N-dealkylation sites (N-methyl/N-ethyl adjacent to an activating group) is 1. The zero-order valence-corrected chi connectivity index (χ0v) is 11.1. The van der Waals surface area contributed by atoms with Crippen LogP contribution in [0.3, 0.4) is 0 Å². The van der Waals surface area contributed by atoms with E-state index in [0.29, 0.717) is 12.3 Å². The number of rotatable bonds is 5. The number of hydrogen-bond acceptors (Lipinski definition) is 4. The normalized spacial score (nSPS) is 9.94. The van der Waals surface area contributed by atoms with Crippen LogP contribution in [0, 0.1) is 5.82 Å². The third-order valence-corrected chi connectivity index (χ3v) is 2.55. The Morgan fingerprint density at radius 3 is 2.72 bits per heavy atom. The second-order valence-electron chi connectivity index (χ2n) is 3.69. The molecular formula is C12H15FN2O2S. The Hall–Kier alpha value is -1.69. The Kier molecular flexibility index (Phi) is 5.03. The minimum atomic E-state index is -0.504. The standard InChI is InChI=1S/C12H15FN2O2S/c1-3-17-11(16)7-15(2)8-4-5-9(12(14)18)10(13)6-8/h4-6H,3,7H2,1-2H3,(H2,14,18). The Morgan fingerprint density at radius 1 is 1.56 bits per heavy atom. The predicted molar refractivity (Wildman–Crippen MR) is 72.2 cm³/mol. The summed E-state index contributed by atoms with van der Waals surface area (Å²) in [5.41, 5.74) is 6.11. The van der Waals surface area contributed by atoms with E-state index >= 15 is 0 Å². The number of carbonyl (C=O) groups excluding carboxylic acids is 1. The molecular weight excluding hydrogens is 255 g/mol. The van der Waals surface area contributed by atoms with Crippen molar-refractivity contribution in [2.24, 2.45) is 5.73 Å². The zero-order valence-electron chi connectivity index (χ0n) is 10.3. The van der Waals surface area contributed by atoms with Gasteiger partial charge in [-0.05, 0) is 25.1 Å². The molecule has 0 radical (unpaired) electrons. The second-order valence-corrected chi connectivity index (χ2v) is 4.13. The van der Waals surface area contributed by atoms with Crippen LogP contribution in [0.1, 0.15) is 12.5 Å². The van der Waals surface area contributed by atoms with Crippen molar-refractivity contribution in [3.63, 3.8) is 0 Å². The van der Waals surface area contributed by atoms with Gasteiger partial charge in [-0.3, -0.25) is 4.79 Å². The Bertz CT molecular complexity index is 465. The van der Waals surface area contributed by atoms with E-state index in [1.165, 1.54) is 12.1 Å². The molecule has 98 valence electrons. The molecule has 0 bridgehead atoms. The first-order valence-electron chi connectivity index (χ1n) is 5.41. The highest BCUT2D eigenvalue weighted by Crippen LogP contribution is 2.17. The smallest absolute Gasteiger partial charge is 0.325 e. The molecule has 18 heavy (non-hydrogen) atoms. The number of esters is 1. The highest BCUT2D eigenvalue weighted by atomic mass is 32.1. The van der Waals surface area contributed by atoms with E-state index in [9.17, 15) is 9.18 Å². The monoisotopic (exact) mass is 270 g/mol. The zero-order chi connectivity index (χ0) is 13.7. The minimum Gasteiger partial charge on any atom is -0.465 e. The summed E-state index contributed by atoms with van der Waals surface area (Å²) in [6.45, 7) is 2.11. The molecule has 0 aromatic heterocycles. The van der Waals surface area contributed by atoms with E-state index in [1.807, 2.05) is 0 Å². The average molecular weight is 270 g/mol. The number of halogens is 1. The summed E-state index contributed by atoms with van der Waals surface area (Å²) in [7, 11) is 1.67. The van der Waals surface area contributed by atoms with Crippen molar-refractivity contribution in [1.82, 2.24) is 0 Å². The highest BCUT2D eigenvalue weighted by Gasteiger charge is 2.11. The van der Waals surface area contributed by atoms with Crippen molar-refractivity contribution in [3.05, 3.63) is 29.6 Å². The van der Waals surface area contributed by atoms with Crippen LogP contribution in [0.4, 0.5) is 10.1 Å². The molecule has 0 aliphatic carbocycles. The van der Waals surface area contributed by atoms with Crippen molar-refractivity contribution in [2.75, 3.05) is 25.1 Å². The molecule has 0 aliphatic rings. The lowest BCUT2D eigenvalue weighted by atomic mass is 10.2. The van der Waals surface area contributed by atoms with Gasteiger partial charge in [-0.25, -0.2) is 4.39 Å². The molecule has 0 amide bonds. The van der Waals surface area contributed by atoms with Gasteiger partial charge >= 0.3 is 5.97 Å². The summed E-state index contributed by atoms with van der Waals surface area (Å²) in [4.78, 5) is 12.9. The number of carbonyl (C=O) groups is 1. The topological polar surface area (TPSA) is 55.6 Å². The molecule has 0 saturated carbocycles.